The molecule has 0 saturated carbocycles. The number of hydrogen-bond donors (Lipinski definition) is 0. The van der Waals surface area contributed by atoms with Crippen molar-refractivity contribution < 1.29 is 9.53 Å². The Morgan fingerprint density at radius 2 is 2.36 bits per heavy atom. The number of ether oxygens (including phenoxy) is 1. The molecule has 0 fully saturated rings. The molecule has 0 aliphatic rings. The van der Waals surface area contributed by atoms with Gasteiger partial charge in [-0.3, -0.25) is 4.79 Å². The Kier molecular flexibility index (Phi) is 5.22. The van der Waals surface area contributed by atoms with E-state index in [-0.39, 0.29) is 11.9 Å². The molecule has 11 heavy (non-hydrogen) atoms. The van der Waals surface area contributed by atoms with Crippen LogP contribution in [0.2, 0.25) is 0 Å². The molecule has 0 aromatic carbocycles. The van der Waals surface area contributed by atoms with Crippen LogP contribution in [0.1, 0.15) is 20.8 Å². The maximum atomic E-state index is 10.9. The molecule has 2 heteroatoms. The predicted molar refractivity (Wildman–Crippen MR) is 44.1 cm³/mol. The van der Waals surface area contributed by atoms with Gasteiger partial charge in [0.05, 0.1) is 12.5 Å². The molecule has 0 saturated heterocycles. The quantitative estimate of drug-likeness (QED) is 0.458. The van der Waals surface area contributed by atoms with Gasteiger partial charge in [-0.1, -0.05) is 0 Å². The highest BCUT2D eigenvalue weighted by molar-refractivity contribution is 5.73. The SMILES string of the molecule is CC=C=CC(C)C(=O)OCC. The van der Waals surface area contributed by atoms with Crippen LogP contribution in [0.3, 0.4) is 0 Å². The van der Waals surface area contributed by atoms with Crippen molar-refractivity contribution in [3.8, 4) is 0 Å². The number of rotatable bonds is 3. The van der Waals surface area contributed by atoms with Crippen molar-refractivity contribution in [2.24, 2.45) is 5.92 Å². The van der Waals surface area contributed by atoms with Crippen LogP contribution in [0.15, 0.2) is 17.9 Å². The van der Waals surface area contributed by atoms with E-state index in [9.17, 15) is 4.79 Å². The predicted octanol–water partition coefficient (Wildman–Crippen LogP) is 1.92. The molecule has 0 amide bonds. The van der Waals surface area contributed by atoms with Gasteiger partial charge in [0, 0.05) is 0 Å². The van der Waals surface area contributed by atoms with E-state index >= 15 is 0 Å². The second-order valence-corrected chi connectivity index (χ2v) is 2.16. The Hall–Kier alpha value is -1.01. The largest absolute Gasteiger partial charge is 0.466 e. The van der Waals surface area contributed by atoms with Gasteiger partial charge in [-0.2, -0.15) is 0 Å². The Morgan fingerprint density at radius 3 is 2.82 bits per heavy atom. The van der Waals surface area contributed by atoms with E-state index in [1.54, 1.807) is 26.0 Å². The van der Waals surface area contributed by atoms with Gasteiger partial charge in [-0.25, -0.2) is 0 Å². The van der Waals surface area contributed by atoms with E-state index in [0.29, 0.717) is 6.61 Å². The van der Waals surface area contributed by atoms with Crippen molar-refractivity contribution in [1.29, 1.82) is 0 Å². The van der Waals surface area contributed by atoms with Gasteiger partial charge in [-0.15, -0.1) is 5.73 Å². The summed E-state index contributed by atoms with van der Waals surface area (Å²) in [6.45, 7) is 5.87. The molecule has 0 aromatic heterocycles. The van der Waals surface area contributed by atoms with Gasteiger partial charge in [0.2, 0.25) is 0 Å². The number of hydrogen-bond acceptors (Lipinski definition) is 2. The second kappa shape index (κ2) is 5.75. The van der Waals surface area contributed by atoms with Gasteiger partial charge >= 0.3 is 5.97 Å². The minimum atomic E-state index is -0.193. The lowest BCUT2D eigenvalue weighted by Crippen LogP contribution is -2.11. The molecule has 0 aromatic rings. The molecule has 0 aliphatic carbocycles. The van der Waals surface area contributed by atoms with Crippen molar-refractivity contribution in [3.63, 3.8) is 0 Å². The van der Waals surface area contributed by atoms with Gasteiger partial charge in [0.1, 0.15) is 0 Å². The van der Waals surface area contributed by atoms with Crippen LogP contribution in [-0.2, 0) is 9.53 Å². The topological polar surface area (TPSA) is 26.3 Å². The van der Waals surface area contributed by atoms with E-state index in [4.69, 9.17) is 4.74 Å². The van der Waals surface area contributed by atoms with Crippen molar-refractivity contribution in [1.82, 2.24) is 0 Å². The zero-order chi connectivity index (χ0) is 8.69. The summed E-state index contributed by atoms with van der Waals surface area (Å²) in [5.74, 6) is -0.381. The average Bonchev–Trinajstić information content (AvgIpc) is 2.00. The normalized spacial score (nSPS) is 11.2. The first-order chi connectivity index (χ1) is 5.22. The van der Waals surface area contributed by atoms with E-state index in [0.717, 1.165) is 0 Å². The van der Waals surface area contributed by atoms with Gasteiger partial charge in [0.25, 0.3) is 0 Å². The van der Waals surface area contributed by atoms with Crippen LogP contribution in [0.4, 0.5) is 0 Å². The Labute approximate surface area is 67.6 Å². The summed E-state index contributed by atoms with van der Waals surface area (Å²) < 4.78 is 4.78. The number of carbonyl (C=O) groups excluding carboxylic acids is 1. The molecular formula is C9H14O2. The fourth-order valence-corrected chi connectivity index (χ4v) is 0.582. The smallest absolute Gasteiger partial charge is 0.313 e. The van der Waals surface area contributed by atoms with Crippen molar-refractivity contribution in [2.45, 2.75) is 20.8 Å². The maximum absolute atomic E-state index is 10.9. The van der Waals surface area contributed by atoms with Crippen LogP contribution in [0.25, 0.3) is 0 Å². The van der Waals surface area contributed by atoms with Gasteiger partial charge < -0.3 is 4.74 Å². The first kappa shape index (κ1) is 9.99. The molecule has 1 atom stereocenters. The molecule has 62 valence electrons. The number of carbonyl (C=O) groups is 1. The third-order valence-corrected chi connectivity index (χ3v) is 1.17. The molecule has 0 N–H and O–H groups in total. The summed E-state index contributed by atoms with van der Waals surface area (Å²) in [5, 5.41) is 0. The van der Waals surface area contributed by atoms with Crippen LogP contribution in [0.5, 0.6) is 0 Å². The van der Waals surface area contributed by atoms with E-state index < -0.39 is 0 Å². The Morgan fingerprint density at radius 1 is 1.73 bits per heavy atom. The summed E-state index contributed by atoms with van der Waals surface area (Å²) in [6.07, 6.45) is 3.45. The molecule has 0 aliphatic heterocycles. The minimum absolute atomic E-state index is 0.189. The van der Waals surface area contributed by atoms with Crippen molar-refractivity contribution >= 4 is 5.97 Å². The fourth-order valence-electron chi connectivity index (χ4n) is 0.582. The molecular weight excluding hydrogens is 140 g/mol. The Bertz CT molecular complexity index is 176. The lowest BCUT2D eigenvalue weighted by atomic mass is 10.2. The van der Waals surface area contributed by atoms with Gasteiger partial charge in [0.15, 0.2) is 0 Å². The first-order valence-electron chi connectivity index (χ1n) is 3.76. The highest BCUT2D eigenvalue weighted by atomic mass is 16.5. The molecule has 0 spiro atoms. The summed E-state index contributed by atoms with van der Waals surface area (Å²) in [7, 11) is 0. The van der Waals surface area contributed by atoms with Crippen molar-refractivity contribution in [3.05, 3.63) is 17.9 Å². The average molecular weight is 154 g/mol. The summed E-state index contributed by atoms with van der Waals surface area (Å²) in [5.41, 5.74) is 2.84. The van der Waals surface area contributed by atoms with Gasteiger partial charge in [-0.05, 0) is 32.9 Å². The second-order valence-electron chi connectivity index (χ2n) is 2.16. The standard InChI is InChI=1S/C9H14O2/c1-4-6-7-8(3)9(10)11-5-2/h4,7-8H,5H2,1-3H3. The highest BCUT2D eigenvalue weighted by Gasteiger charge is 2.08. The van der Waals surface area contributed by atoms with E-state index in [1.807, 2.05) is 6.92 Å². The number of esters is 1. The van der Waals surface area contributed by atoms with E-state index in [1.165, 1.54) is 0 Å². The fraction of sp³-hybridized carbons (Fsp3) is 0.556. The highest BCUT2D eigenvalue weighted by Crippen LogP contribution is 1.98. The Balaban J connectivity index is 3.92. The first-order valence-corrected chi connectivity index (χ1v) is 3.76. The zero-order valence-electron chi connectivity index (χ0n) is 7.26. The lowest BCUT2D eigenvalue weighted by Gasteiger charge is -2.03. The summed E-state index contributed by atoms with van der Waals surface area (Å²) >= 11 is 0. The summed E-state index contributed by atoms with van der Waals surface area (Å²) in [4.78, 5) is 10.9. The van der Waals surface area contributed by atoms with Crippen LogP contribution < -0.4 is 0 Å². The van der Waals surface area contributed by atoms with Crippen LogP contribution in [0, 0.1) is 5.92 Å². The monoisotopic (exact) mass is 154 g/mol. The molecule has 0 heterocycles. The molecule has 0 radical (unpaired) electrons. The zero-order valence-corrected chi connectivity index (χ0v) is 7.26. The minimum Gasteiger partial charge on any atom is -0.466 e. The molecule has 2 nitrogen and oxygen atoms in total. The third-order valence-electron chi connectivity index (χ3n) is 1.17. The van der Waals surface area contributed by atoms with Crippen molar-refractivity contribution in [2.75, 3.05) is 6.61 Å². The third kappa shape index (κ3) is 4.40. The van der Waals surface area contributed by atoms with E-state index in [2.05, 4.69) is 5.73 Å². The molecule has 0 rings (SSSR count). The molecule has 0 bridgehead atoms. The lowest BCUT2D eigenvalue weighted by molar-refractivity contribution is -0.145. The maximum Gasteiger partial charge on any atom is 0.313 e. The molecule has 1 unspecified atom stereocenters. The van der Waals surface area contributed by atoms with Crippen LogP contribution in [-0.4, -0.2) is 12.6 Å². The summed E-state index contributed by atoms with van der Waals surface area (Å²) in [6, 6.07) is 0. The van der Waals surface area contributed by atoms with Crippen LogP contribution >= 0.6 is 0 Å².